The minimum Gasteiger partial charge on any atom is -0.302 e. The SMILES string of the molecule is CC(C)NC(c1ccc(F)cn1)c1sccc1Br. The second-order valence-electron chi connectivity index (χ2n) is 4.29. The molecule has 2 nitrogen and oxygen atoms in total. The summed E-state index contributed by atoms with van der Waals surface area (Å²) >= 11 is 5.19. The number of hydrogen-bond donors (Lipinski definition) is 1. The largest absolute Gasteiger partial charge is 0.302 e. The summed E-state index contributed by atoms with van der Waals surface area (Å²) in [4.78, 5) is 5.33. The lowest BCUT2D eigenvalue weighted by atomic mass is 10.1. The van der Waals surface area contributed by atoms with Gasteiger partial charge in [-0.15, -0.1) is 11.3 Å². The Morgan fingerprint density at radius 2 is 2.11 bits per heavy atom. The predicted molar refractivity (Wildman–Crippen MR) is 76.3 cm³/mol. The minimum atomic E-state index is -0.313. The van der Waals surface area contributed by atoms with Crippen molar-refractivity contribution < 1.29 is 4.39 Å². The van der Waals surface area contributed by atoms with E-state index in [9.17, 15) is 4.39 Å². The maximum absolute atomic E-state index is 12.9. The Morgan fingerprint density at radius 3 is 2.61 bits per heavy atom. The Kier molecular flexibility index (Phi) is 4.48. The van der Waals surface area contributed by atoms with Crippen molar-refractivity contribution in [1.29, 1.82) is 0 Å². The molecule has 0 fully saturated rings. The highest BCUT2D eigenvalue weighted by Gasteiger charge is 2.20. The van der Waals surface area contributed by atoms with Gasteiger partial charge in [-0.2, -0.15) is 0 Å². The van der Waals surface area contributed by atoms with Crippen LogP contribution in [0.4, 0.5) is 4.39 Å². The van der Waals surface area contributed by atoms with Crippen molar-refractivity contribution in [2.75, 3.05) is 0 Å². The quantitative estimate of drug-likeness (QED) is 0.912. The van der Waals surface area contributed by atoms with Crippen LogP contribution in [-0.4, -0.2) is 11.0 Å². The molecule has 2 rings (SSSR count). The van der Waals surface area contributed by atoms with E-state index < -0.39 is 0 Å². The molecule has 2 aromatic heterocycles. The number of aromatic nitrogens is 1. The number of halogens is 2. The van der Waals surface area contributed by atoms with Gasteiger partial charge >= 0.3 is 0 Å². The molecule has 0 aliphatic rings. The van der Waals surface area contributed by atoms with Crippen LogP contribution in [0.2, 0.25) is 0 Å². The molecule has 0 aliphatic carbocycles. The fraction of sp³-hybridized carbons (Fsp3) is 0.308. The first-order valence-electron chi connectivity index (χ1n) is 5.68. The molecule has 18 heavy (non-hydrogen) atoms. The monoisotopic (exact) mass is 328 g/mol. The molecule has 1 unspecified atom stereocenters. The topological polar surface area (TPSA) is 24.9 Å². The van der Waals surface area contributed by atoms with Crippen LogP contribution in [0.5, 0.6) is 0 Å². The summed E-state index contributed by atoms with van der Waals surface area (Å²) in [5.74, 6) is -0.313. The fourth-order valence-corrected chi connectivity index (χ4v) is 3.37. The molecule has 0 amide bonds. The van der Waals surface area contributed by atoms with Gasteiger partial charge in [-0.1, -0.05) is 0 Å². The summed E-state index contributed by atoms with van der Waals surface area (Å²) in [5, 5.41) is 5.48. The number of thiophene rings is 1. The maximum atomic E-state index is 12.9. The van der Waals surface area contributed by atoms with Crippen molar-refractivity contribution in [2.45, 2.75) is 25.9 Å². The van der Waals surface area contributed by atoms with Gasteiger partial charge < -0.3 is 5.32 Å². The number of nitrogens with one attached hydrogen (secondary N) is 1. The third-order valence-electron chi connectivity index (χ3n) is 2.45. The van der Waals surface area contributed by atoms with Gasteiger partial charge in [0.25, 0.3) is 0 Å². The highest BCUT2D eigenvalue weighted by Crippen LogP contribution is 2.32. The normalized spacial score (nSPS) is 12.9. The summed E-state index contributed by atoms with van der Waals surface area (Å²) in [5.41, 5.74) is 0.827. The molecule has 0 aromatic carbocycles. The van der Waals surface area contributed by atoms with E-state index in [1.54, 1.807) is 17.4 Å². The van der Waals surface area contributed by atoms with Crippen molar-refractivity contribution in [3.8, 4) is 0 Å². The van der Waals surface area contributed by atoms with Crippen molar-refractivity contribution in [1.82, 2.24) is 10.3 Å². The van der Waals surface area contributed by atoms with E-state index in [0.717, 1.165) is 15.0 Å². The first-order valence-corrected chi connectivity index (χ1v) is 7.35. The average molecular weight is 329 g/mol. The summed E-state index contributed by atoms with van der Waals surface area (Å²) in [6, 6.07) is 5.48. The molecule has 0 saturated carbocycles. The summed E-state index contributed by atoms with van der Waals surface area (Å²) in [6.07, 6.45) is 1.26. The van der Waals surface area contributed by atoms with Crippen LogP contribution in [0.25, 0.3) is 0 Å². The van der Waals surface area contributed by atoms with Crippen molar-refractivity contribution in [3.63, 3.8) is 0 Å². The molecule has 0 radical (unpaired) electrons. The number of hydrogen-bond acceptors (Lipinski definition) is 3. The molecule has 1 atom stereocenters. The standard InChI is InChI=1S/C13H14BrFN2S/c1-8(2)17-12(13-10(14)5-6-18-13)11-4-3-9(15)7-16-11/h3-8,12,17H,1-2H3. The highest BCUT2D eigenvalue weighted by atomic mass is 79.9. The molecular formula is C13H14BrFN2S. The molecule has 5 heteroatoms. The van der Waals surface area contributed by atoms with Gasteiger partial charge in [0.05, 0.1) is 17.9 Å². The molecule has 0 saturated heterocycles. The van der Waals surface area contributed by atoms with Crippen LogP contribution >= 0.6 is 27.3 Å². The van der Waals surface area contributed by atoms with Crippen molar-refractivity contribution >= 4 is 27.3 Å². The number of rotatable bonds is 4. The third-order valence-corrected chi connectivity index (χ3v) is 4.39. The smallest absolute Gasteiger partial charge is 0.141 e. The molecule has 2 heterocycles. The van der Waals surface area contributed by atoms with Gasteiger partial charge in [0, 0.05) is 15.4 Å². The Morgan fingerprint density at radius 1 is 1.33 bits per heavy atom. The Hall–Kier alpha value is -0.780. The molecule has 1 N–H and O–H groups in total. The lowest BCUT2D eigenvalue weighted by molar-refractivity contribution is 0.521. The van der Waals surface area contributed by atoms with Crippen LogP contribution < -0.4 is 5.32 Å². The van der Waals surface area contributed by atoms with Gasteiger partial charge in [0.1, 0.15) is 5.82 Å². The van der Waals surface area contributed by atoms with E-state index >= 15 is 0 Å². The highest BCUT2D eigenvalue weighted by molar-refractivity contribution is 9.10. The van der Waals surface area contributed by atoms with Crippen LogP contribution in [0.1, 0.15) is 30.5 Å². The van der Waals surface area contributed by atoms with E-state index in [1.165, 1.54) is 12.3 Å². The number of nitrogens with zero attached hydrogens (tertiary/aromatic N) is 1. The zero-order chi connectivity index (χ0) is 13.1. The molecule has 96 valence electrons. The molecule has 0 bridgehead atoms. The van der Waals surface area contributed by atoms with Crippen LogP contribution in [0.3, 0.4) is 0 Å². The molecule has 0 spiro atoms. The Labute approximate surface area is 118 Å². The van der Waals surface area contributed by atoms with Crippen molar-refractivity contribution in [2.24, 2.45) is 0 Å². The molecular weight excluding hydrogens is 315 g/mol. The minimum absolute atomic E-state index is 0.0139. The lowest BCUT2D eigenvalue weighted by Gasteiger charge is -2.20. The Balaban J connectivity index is 2.36. The molecule has 0 aliphatic heterocycles. The van der Waals surface area contributed by atoms with E-state index in [1.807, 2.05) is 11.4 Å². The van der Waals surface area contributed by atoms with Gasteiger partial charge in [0.15, 0.2) is 0 Å². The first kappa shape index (κ1) is 13.6. The summed E-state index contributed by atoms with van der Waals surface area (Å²) < 4.78 is 14.0. The average Bonchev–Trinajstić information content (AvgIpc) is 2.73. The third kappa shape index (κ3) is 3.16. The second kappa shape index (κ2) is 5.91. The van der Waals surface area contributed by atoms with Gasteiger partial charge in [-0.05, 0) is 53.4 Å². The predicted octanol–water partition coefficient (Wildman–Crippen LogP) is 4.13. The van der Waals surface area contributed by atoms with E-state index in [2.05, 4.69) is 40.1 Å². The van der Waals surface area contributed by atoms with E-state index in [0.29, 0.717) is 6.04 Å². The van der Waals surface area contributed by atoms with E-state index in [4.69, 9.17) is 0 Å². The Bertz CT molecular complexity index is 510. The summed E-state index contributed by atoms with van der Waals surface area (Å²) in [7, 11) is 0. The van der Waals surface area contributed by atoms with Crippen LogP contribution in [0.15, 0.2) is 34.2 Å². The fourth-order valence-electron chi connectivity index (χ4n) is 1.70. The number of pyridine rings is 1. The van der Waals surface area contributed by atoms with Gasteiger partial charge in [-0.3, -0.25) is 4.98 Å². The zero-order valence-corrected chi connectivity index (χ0v) is 12.6. The first-order chi connectivity index (χ1) is 8.58. The lowest BCUT2D eigenvalue weighted by Crippen LogP contribution is -2.29. The van der Waals surface area contributed by atoms with Crippen LogP contribution in [-0.2, 0) is 0 Å². The zero-order valence-electron chi connectivity index (χ0n) is 10.2. The molecule has 2 aromatic rings. The van der Waals surface area contributed by atoms with Crippen LogP contribution in [0, 0.1) is 5.82 Å². The van der Waals surface area contributed by atoms with E-state index in [-0.39, 0.29) is 11.9 Å². The second-order valence-corrected chi connectivity index (χ2v) is 6.09. The van der Waals surface area contributed by atoms with Gasteiger partial charge in [-0.25, -0.2) is 4.39 Å². The van der Waals surface area contributed by atoms with Gasteiger partial charge in [0.2, 0.25) is 0 Å². The maximum Gasteiger partial charge on any atom is 0.141 e. The van der Waals surface area contributed by atoms with Crippen molar-refractivity contribution in [3.05, 3.63) is 50.6 Å². The summed E-state index contributed by atoms with van der Waals surface area (Å²) in [6.45, 7) is 4.16.